The maximum Gasteiger partial charge on any atom is 0.328 e. The van der Waals surface area contributed by atoms with Crippen molar-refractivity contribution in [1.82, 2.24) is 0 Å². The van der Waals surface area contributed by atoms with Gasteiger partial charge in [-0.05, 0) is 29.8 Å². The minimum atomic E-state index is -1.02. The molecular formula is C17H12ClNO3. The zero-order chi connectivity index (χ0) is 15.9. The number of rotatable bonds is 5. The first-order chi connectivity index (χ1) is 10.6. The van der Waals surface area contributed by atoms with Crippen molar-refractivity contribution >= 4 is 23.6 Å². The number of nitriles is 1. The van der Waals surface area contributed by atoms with Crippen LogP contribution in [0.4, 0.5) is 0 Å². The molecule has 22 heavy (non-hydrogen) atoms. The zero-order valence-electron chi connectivity index (χ0n) is 11.5. The highest BCUT2D eigenvalue weighted by atomic mass is 35.5. The van der Waals surface area contributed by atoms with E-state index in [9.17, 15) is 4.79 Å². The predicted molar refractivity (Wildman–Crippen MR) is 83.6 cm³/mol. The van der Waals surface area contributed by atoms with Crippen LogP contribution in [0.3, 0.4) is 0 Å². The van der Waals surface area contributed by atoms with Crippen molar-refractivity contribution in [3.8, 4) is 11.8 Å². The standard InChI is InChI=1S/C17H12ClNO3/c18-15-9-12(6-8-17(20)21)5-7-16(15)22-11-14-4-2-1-3-13(14)10-19/h1-9H,11H2,(H,20,21). The molecule has 0 aromatic heterocycles. The van der Waals surface area contributed by atoms with E-state index in [0.29, 0.717) is 21.9 Å². The summed E-state index contributed by atoms with van der Waals surface area (Å²) in [4.78, 5) is 10.5. The van der Waals surface area contributed by atoms with Gasteiger partial charge in [0.25, 0.3) is 0 Å². The smallest absolute Gasteiger partial charge is 0.328 e. The fourth-order valence-corrected chi connectivity index (χ4v) is 2.06. The van der Waals surface area contributed by atoms with Crippen LogP contribution in [0.2, 0.25) is 5.02 Å². The summed E-state index contributed by atoms with van der Waals surface area (Å²) in [6.07, 6.45) is 2.48. The van der Waals surface area contributed by atoms with Crippen LogP contribution in [0.15, 0.2) is 48.5 Å². The van der Waals surface area contributed by atoms with Crippen molar-refractivity contribution in [3.05, 3.63) is 70.3 Å². The van der Waals surface area contributed by atoms with E-state index in [4.69, 9.17) is 26.7 Å². The van der Waals surface area contributed by atoms with Crippen molar-refractivity contribution < 1.29 is 14.6 Å². The van der Waals surface area contributed by atoms with Crippen LogP contribution < -0.4 is 4.74 Å². The van der Waals surface area contributed by atoms with Gasteiger partial charge in [-0.15, -0.1) is 0 Å². The predicted octanol–water partition coefficient (Wildman–Crippen LogP) is 3.89. The number of nitrogens with zero attached hydrogens (tertiary/aromatic N) is 1. The average Bonchev–Trinajstić information content (AvgIpc) is 2.52. The minimum Gasteiger partial charge on any atom is -0.487 e. The molecule has 1 N–H and O–H groups in total. The lowest BCUT2D eigenvalue weighted by Gasteiger charge is -2.09. The Hall–Kier alpha value is -2.77. The van der Waals surface area contributed by atoms with Crippen molar-refractivity contribution in [2.45, 2.75) is 6.61 Å². The molecule has 2 rings (SSSR count). The van der Waals surface area contributed by atoms with E-state index in [0.717, 1.165) is 11.6 Å². The van der Waals surface area contributed by atoms with E-state index in [2.05, 4.69) is 6.07 Å². The molecule has 5 heteroatoms. The highest BCUT2D eigenvalue weighted by molar-refractivity contribution is 6.32. The van der Waals surface area contributed by atoms with Gasteiger partial charge in [0.05, 0.1) is 16.7 Å². The maximum absolute atomic E-state index is 10.5. The van der Waals surface area contributed by atoms with Gasteiger partial charge in [-0.2, -0.15) is 5.26 Å². The van der Waals surface area contributed by atoms with Gasteiger partial charge < -0.3 is 9.84 Å². The number of halogens is 1. The summed E-state index contributed by atoms with van der Waals surface area (Å²) in [6, 6.07) is 14.3. The zero-order valence-corrected chi connectivity index (χ0v) is 12.2. The highest BCUT2D eigenvalue weighted by Crippen LogP contribution is 2.27. The first-order valence-electron chi connectivity index (χ1n) is 6.41. The number of carboxylic acid groups (broad SMARTS) is 1. The second kappa shape index (κ2) is 7.30. The molecular weight excluding hydrogens is 302 g/mol. The number of carbonyl (C=O) groups is 1. The Kier molecular flexibility index (Phi) is 5.18. The normalized spacial score (nSPS) is 10.4. The first kappa shape index (κ1) is 15.6. The number of aliphatic carboxylic acids is 1. The highest BCUT2D eigenvalue weighted by Gasteiger charge is 2.05. The summed E-state index contributed by atoms with van der Waals surface area (Å²) >= 11 is 6.11. The summed E-state index contributed by atoms with van der Waals surface area (Å²) in [7, 11) is 0. The molecule has 2 aromatic rings. The molecule has 0 atom stereocenters. The van der Waals surface area contributed by atoms with Crippen LogP contribution >= 0.6 is 11.6 Å². The Balaban J connectivity index is 2.11. The van der Waals surface area contributed by atoms with Crippen LogP contribution in [0.25, 0.3) is 6.08 Å². The minimum absolute atomic E-state index is 0.230. The van der Waals surface area contributed by atoms with Crippen molar-refractivity contribution in [3.63, 3.8) is 0 Å². The largest absolute Gasteiger partial charge is 0.487 e. The lowest BCUT2D eigenvalue weighted by atomic mass is 10.1. The molecule has 0 fully saturated rings. The molecule has 0 saturated heterocycles. The number of hydrogen-bond acceptors (Lipinski definition) is 3. The number of ether oxygens (including phenoxy) is 1. The lowest BCUT2D eigenvalue weighted by molar-refractivity contribution is -0.131. The van der Waals surface area contributed by atoms with Gasteiger partial charge in [-0.25, -0.2) is 4.79 Å². The molecule has 4 nitrogen and oxygen atoms in total. The summed E-state index contributed by atoms with van der Waals surface area (Å²) in [5, 5.41) is 18.0. The molecule has 0 heterocycles. The molecule has 2 aromatic carbocycles. The third-order valence-corrected chi connectivity index (χ3v) is 3.19. The SMILES string of the molecule is N#Cc1ccccc1COc1ccc(C=CC(=O)O)cc1Cl. The molecule has 0 aliphatic heterocycles. The first-order valence-corrected chi connectivity index (χ1v) is 6.79. The van der Waals surface area contributed by atoms with Gasteiger partial charge >= 0.3 is 5.97 Å². The average molecular weight is 314 g/mol. The number of benzene rings is 2. The van der Waals surface area contributed by atoms with Gasteiger partial charge in [0.2, 0.25) is 0 Å². The molecule has 0 aliphatic rings. The van der Waals surface area contributed by atoms with Crippen LogP contribution in [-0.2, 0) is 11.4 Å². The van der Waals surface area contributed by atoms with Crippen molar-refractivity contribution in [2.24, 2.45) is 0 Å². The van der Waals surface area contributed by atoms with Gasteiger partial charge in [0.15, 0.2) is 0 Å². The van der Waals surface area contributed by atoms with E-state index in [1.807, 2.05) is 12.1 Å². The van der Waals surface area contributed by atoms with Crippen LogP contribution in [-0.4, -0.2) is 11.1 Å². The van der Waals surface area contributed by atoms with E-state index >= 15 is 0 Å². The summed E-state index contributed by atoms with van der Waals surface area (Å²) in [5.41, 5.74) is 1.99. The fourth-order valence-electron chi connectivity index (χ4n) is 1.82. The van der Waals surface area contributed by atoms with Crippen molar-refractivity contribution in [2.75, 3.05) is 0 Å². The van der Waals surface area contributed by atoms with E-state index in [-0.39, 0.29) is 6.61 Å². The molecule has 0 radical (unpaired) electrons. The molecule has 0 saturated carbocycles. The maximum atomic E-state index is 10.5. The molecule has 0 aliphatic carbocycles. The molecule has 0 spiro atoms. The van der Waals surface area contributed by atoms with Crippen LogP contribution in [0.5, 0.6) is 5.75 Å². The molecule has 0 bridgehead atoms. The van der Waals surface area contributed by atoms with Gasteiger partial charge in [-0.3, -0.25) is 0 Å². The summed E-state index contributed by atoms with van der Waals surface area (Å²) in [6.45, 7) is 0.230. The molecule has 0 amide bonds. The van der Waals surface area contributed by atoms with Gasteiger partial charge in [0.1, 0.15) is 12.4 Å². The Morgan fingerprint density at radius 3 is 2.77 bits per heavy atom. The molecule has 110 valence electrons. The molecule has 0 unspecified atom stereocenters. The van der Waals surface area contributed by atoms with Crippen LogP contribution in [0.1, 0.15) is 16.7 Å². The quantitative estimate of drug-likeness (QED) is 0.850. The summed E-state index contributed by atoms with van der Waals surface area (Å²) in [5.74, 6) is -0.550. The van der Waals surface area contributed by atoms with E-state index < -0.39 is 5.97 Å². The van der Waals surface area contributed by atoms with Gasteiger partial charge in [0, 0.05) is 11.6 Å². The third-order valence-electron chi connectivity index (χ3n) is 2.90. The van der Waals surface area contributed by atoms with Crippen molar-refractivity contribution in [1.29, 1.82) is 5.26 Å². The van der Waals surface area contributed by atoms with E-state index in [1.54, 1.807) is 30.3 Å². The van der Waals surface area contributed by atoms with Crippen LogP contribution in [0, 0.1) is 11.3 Å². The second-order valence-corrected chi connectivity index (χ2v) is 4.83. The Bertz CT molecular complexity index is 763. The van der Waals surface area contributed by atoms with E-state index in [1.165, 1.54) is 6.08 Å². The summed E-state index contributed by atoms with van der Waals surface area (Å²) < 4.78 is 5.62. The second-order valence-electron chi connectivity index (χ2n) is 4.42. The number of carboxylic acids is 1. The fraction of sp³-hybridized carbons (Fsp3) is 0.0588. The Labute approximate surface area is 132 Å². The topological polar surface area (TPSA) is 70.3 Å². The number of hydrogen-bond donors (Lipinski definition) is 1. The van der Waals surface area contributed by atoms with Gasteiger partial charge in [-0.1, -0.05) is 35.9 Å². The monoisotopic (exact) mass is 313 g/mol. The Morgan fingerprint density at radius 2 is 2.09 bits per heavy atom. The lowest BCUT2D eigenvalue weighted by Crippen LogP contribution is -1.98. The third kappa shape index (κ3) is 4.11. The Morgan fingerprint density at radius 1 is 1.32 bits per heavy atom.